The number of esters is 1. The summed E-state index contributed by atoms with van der Waals surface area (Å²) in [5.41, 5.74) is 4.25. The molecule has 0 saturated heterocycles. The number of hydrogen-bond acceptors (Lipinski definition) is 3. The Bertz CT molecular complexity index is 739. The van der Waals surface area contributed by atoms with Crippen molar-refractivity contribution in [2.75, 3.05) is 13.2 Å². The van der Waals surface area contributed by atoms with E-state index >= 15 is 0 Å². The van der Waals surface area contributed by atoms with E-state index in [0.29, 0.717) is 12.2 Å². The number of unbranched alkanes of at least 4 members (excludes halogenated alkanes) is 5. The van der Waals surface area contributed by atoms with E-state index in [0.717, 1.165) is 19.3 Å². The first-order chi connectivity index (χ1) is 14.7. The molecular formula is C27H38O3. The minimum Gasteiger partial charge on any atom is -0.459 e. The van der Waals surface area contributed by atoms with E-state index in [9.17, 15) is 4.79 Å². The average Bonchev–Trinajstić information content (AvgIpc) is 2.78. The van der Waals surface area contributed by atoms with Crippen LogP contribution in [0.4, 0.5) is 0 Å². The van der Waals surface area contributed by atoms with Gasteiger partial charge in [0.05, 0.1) is 11.7 Å². The van der Waals surface area contributed by atoms with Crippen molar-refractivity contribution in [3.8, 4) is 11.1 Å². The van der Waals surface area contributed by atoms with Crippen LogP contribution in [0.1, 0.15) is 81.6 Å². The zero-order chi connectivity index (χ0) is 21.6. The molecular weight excluding hydrogens is 372 g/mol. The van der Waals surface area contributed by atoms with Gasteiger partial charge in [0.2, 0.25) is 0 Å². The smallest absolute Gasteiger partial charge is 0.338 e. The lowest BCUT2D eigenvalue weighted by Gasteiger charge is -2.15. The Balaban J connectivity index is 2.06. The van der Waals surface area contributed by atoms with Crippen LogP contribution in [0.25, 0.3) is 11.1 Å². The third-order valence-electron chi connectivity index (χ3n) is 5.28. The van der Waals surface area contributed by atoms with Crippen LogP contribution in [-0.2, 0) is 15.9 Å². The molecule has 3 heteroatoms. The van der Waals surface area contributed by atoms with Crippen molar-refractivity contribution in [3.05, 3.63) is 59.7 Å². The molecule has 0 amide bonds. The van der Waals surface area contributed by atoms with Gasteiger partial charge in [-0.2, -0.15) is 0 Å². The molecule has 0 spiro atoms. The second-order valence-electron chi connectivity index (χ2n) is 8.04. The molecule has 30 heavy (non-hydrogen) atoms. The number of carbonyl (C=O) groups is 1. The third-order valence-corrected chi connectivity index (χ3v) is 5.28. The van der Waals surface area contributed by atoms with Gasteiger partial charge >= 0.3 is 5.97 Å². The van der Waals surface area contributed by atoms with Crippen LogP contribution in [0.15, 0.2) is 48.5 Å². The van der Waals surface area contributed by atoms with Crippen LogP contribution in [0.2, 0.25) is 0 Å². The first-order valence-corrected chi connectivity index (χ1v) is 11.6. The van der Waals surface area contributed by atoms with Crippen LogP contribution in [0.3, 0.4) is 0 Å². The van der Waals surface area contributed by atoms with Crippen LogP contribution < -0.4 is 0 Å². The monoisotopic (exact) mass is 410 g/mol. The molecule has 2 rings (SSSR count). The molecule has 2 aromatic rings. The molecule has 164 valence electrons. The zero-order valence-corrected chi connectivity index (χ0v) is 19.0. The van der Waals surface area contributed by atoms with E-state index in [1.54, 1.807) is 0 Å². The Morgan fingerprint density at radius 2 is 1.63 bits per heavy atom. The standard InChI is InChI=1S/C27H38O3/c1-4-6-7-8-9-11-16-24-20-25(27(28)30-21-22(3)29-19-5-2)17-18-26(24)23-14-12-10-13-15-23/h10,12-15,17-18,20,22H,4-9,11,16,19,21H2,1-3H3. The summed E-state index contributed by atoms with van der Waals surface area (Å²) >= 11 is 0. The van der Waals surface area contributed by atoms with Gasteiger partial charge in [0.25, 0.3) is 0 Å². The fourth-order valence-electron chi connectivity index (χ4n) is 3.57. The lowest BCUT2D eigenvalue weighted by molar-refractivity contribution is -0.000142. The second-order valence-corrected chi connectivity index (χ2v) is 8.04. The normalized spacial score (nSPS) is 12.0. The summed E-state index contributed by atoms with van der Waals surface area (Å²) in [6, 6.07) is 16.4. The van der Waals surface area contributed by atoms with Gasteiger partial charge in [-0.15, -0.1) is 0 Å². The van der Waals surface area contributed by atoms with Gasteiger partial charge in [-0.1, -0.05) is 82.3 Å². The van der Waals surface area contributed by atoms with Crippen molar-refractivity contribution in [2.45, 2.75) is 78.2 Å². The Morgan fingerprint density at radius 1 is 0.900 bits per heavy atom. The Labute approximate surface area is 182 Å². The van der Waals surface area contributed by atoms with E-state index < -0.39 is 0 Å². The van der Waals surface area contributed by atoms with Crippen molar-refractivity contribution in [1.82, 2.24) is 0 Å². The fourth-order valence-corrected chi connectivity index (χ4v) is 3.57. The maximum Gasteiger partial charge on any atom is 0.338 e. The van der Waals surface area contributed by atoms with Gasteiger partial charge in [-0.25, -0.2) is 4.79 Å². The summed E-state index contributed by atoms with van der Waals surface area (Å²) in [5.74, 6) is -0.272. The van der Waals surface area contributed by atoms with Gasteiger partial charge in [-0.05, 0) is 55.0 Å². The van der Waals surface area contributed by atoms with Crippen LogP contribution >= 0.6 is 0 Å². The fraction of sp³-hybridized carbons (Fsp3) is 0.519. The zero-order valence-electron chi connectivity index (χ0n) is 19.0. The van der Waals surface area contributed by atoms with Crippen LogP contribution in [0.5, 0.6) is 0 Å². The third kappa shape index (κ3) is 8.31. The predicted molar refractivity (Wildman–Crippen MR) is 125 cm³/mol. The number of benzene rings is 2. The van der Waals surface area contributed by atoms with E-state index in [2.05, 4.69) is 44.2 Å². The number of hydrogen-bond donors (Lipinski definition) is 0. The molecule has 0 fully saturated rings. The number of ether oxygens (including phenoxy) is 2. The lowest BCUT2D eigenvalue weighted by Crippen LogP contribution is -2.19. The SMILES string of the molecule is CCCCCCCCc1cc(C(=O)OCC(C)OCCC)ccc1-c1ccccc1. The molecule has 1 atom stereocenters. The van der Waals surface area contributed by atoms with Crippen molar-refractivity contribution in [2.24, 2.45) is 0 Å². The largest absolute Gasteiger partial charge is 0.459 e. The molecule has 0 radical (unpaired) electrons. The van der Waals surface area contributed by atoms with Gasteiger partial charge in [0.15, 0.2) is 0 Å². The molecule has 0 aliphatic heterocycles. The van der Waals surface area contributed by atoms with E-state index in [1.807, 2.05) is 25.1 Å². The molecule has 0 aliphatic carbocycles. The lowest BCUT2D eigenvalue weighted by atomic mass is 9.93. The first-order valence-electron chi connectivity index (χ1n) is 11.6. The minimum absolute atomic E-state index is 0.0833. The van der Waals surface area contributed by atoms with Crippen molar-refractivity contribution in [1.29, 1.82) is 0 Å². The second kappa shape index (κ2) is 14.0. The van der Waals surface area contributed by atoms with Gasteiger partial charge in [-0.3, -0.25) is 0 Å². The number of aryl methyl sites for hydroxylation is 1. The van der Waals surface area contributed by atoms with E-state index in [4.69, 9.17) is 9.47 Å². The van der Waals surface area contributed by atoms with Crippen LogP contribution in [0, 0.1) is 0 Å². The molecule has 0 bridgehead atoms. The quantitative estimate of drug-likeness (QED) is 0.243. The van der Waals surface area contributed by atoms with Crippen LogP contribution in [-0.4, -0.2) is 25.3 Å². The summed E-state index contributed by atoms with van der Waals surface area (Å²) in [7, 11) is 0. The summed E-state index contributed by atoms with van der Waals surface area (Å²) in [4.78, 5) is 12.6. The summed E-state index contributed by atoms with van der Waals surface area (Å²) in [6.45, 7) is 7.22. The highest BCUT2D eigenvalue weighted by Crippen LogP contribution is 2.27. The highest BCUT2D eigenvalue weighted by atomic mass is 16.6. The Morgan fingerprint density at radius 3 is 2.37 bits per heavy atom. The topological polar surface area (TPSA) is 35.5 Å². The minimum atomic E-state index is -0.272. The number of rotatable bonds is 14. The molecule has 1 unspecified atom stereocenters. The Hall–Kier alpha value is -2.13. The summed E-state index contributed by atoms with van der Waals surface area (Å²) in [6.07, 6.45) is 9.41. The van der Waals surface area contributed by atoms with E-state index in [1.165, 1.54) is 48.8 Å². The molecule has 0 N–H and O–H groups in total. The summed E-state index contributed by atoms with van der Waals surface area (Å²) < 4.78 is 11.1. The molecule has 0 saturated carbocycles. The van der Waals surface area contributed by atoms with E-state index in [-0.39, 0.29) is 18.7 Å². The van der Waals surface area contributed by atoms with Gasteiger partial charge in [0.1, 0.15) is 6.61 Å². The first kappa shape index (κ1) is 24.1. The predicted octanol–water partition coefficient (Wildman–Crippen LogP) is 7.23. The maximum atomic E-state index is 12.6. The average molecular weight is 411 g/mol. The van der Waals surface area contributed by atoms with Gasteiger partial charge < -0.3 is 9.47 Å². The van der Waals surface area contributed by atoms with Gasteiger partial charge in [0, 0.05) is 6.61 Å². The van der Waals surface area contributed by atoms with Crippen molar-refractivity contribution < 1.29 is 14.3 Å². The van der Waals surface area contributed by atoms with Crippen molar-refractivity contribution in [3.63, 3.8) is 0 Å². The molecule has 0 aromatic heterocycles. The highest BCUT2D eigenvalue weighted by molar-refractivity contribution is 5.90. The van der Waals surface area contributed by atoms with Crippen molar-refractivity contribution >= 4 is 5.97 Å². The molecule has 3 nitrogen and oxygen atoms in total. The summed E-state index contributed by atoms with van der Waals surface area (Å²) in [5, 5.41) is 0. The maximum absolute atomic E-state index is 12.6. The molecule has 0 aliphatic rings. The highest BCUT2D eigenvalue weighted by Gasteiger charge is 2.14. The number of carbonyl (C=O) groups excluding carboxylic acids is 1. The molecule has 0 heterocycles. The Kier molecular flexibility index (Phi) is 11.2. The molecule has 2 aromatic carbocycles.